The smallest absolute Gasteiger partial charge is 0.265 e. The molecule has 32 heavy (non-hydrogen) atoms. The van der Waals surface area contributed by atoms with Crippen LogP contribution in [0.4, 0.5) is 5.69 Å². The Hall–Kier alpha value is -3.35. The van der Waals surface area contributed by atoms with Crippen LogP contribution in [0.15, 0.2) is 36.4 Å². The molecule has 2 heterocycles. The summed E-state index contributed by atoms with van der Waals surface area (Å²) in [6.07, 6.45) is 1.95. The van der Waals surface area contributed by atoms with Crippen molar-refractivity contribution in [3.05, 3.63) is 53.1 Å². The molecule has 7 heteroatoms. The number of hydrogen-bond donors (Lipinski definition) is 0. The average molecular weight is 437 g/mol. The van der Waals surface area contributed by atoms with Crippen LogP contribution in [0, 0.1) is 13.8 Å². The van der Waals surface area contributed by atoms with E-state index in [0.29, 0.717) is 35.8 Å². The quantitative estimate of drug-likeness (QED) is 0.650. The van der Waals surface area contributed by atoms with Crippen molar-refractivity contribution in [2.75, 3.05) is 31.2 Å². The predicted molar refractivity (Wildman–Crippen MR) is 120 cm³/mol. The number of ketones is 1. The third-order valence-corrected chi connectivity index (χ3v) is 6.24. The normalized spacial score (nSPS) is 16.4. The minimum Gasteiger partial charge on any atom is -0.485 e. The number of anilines is 1. The molecule has 0 unspecified atom stereocenters. The lowest BCUT2D eigenvalue weighted by Crippen LogP contribution is -2.52. The van der Waals surface area contributed by atoms with Crippen LogP contribution >= 0.6 is 0 Å². The van der Waals surface area contributed by atoms with Gasteiger partial charge in [-0.15, -0.1) is 0 Å². The minimum atomic E-state index is -0.667. The monoisotopic (exact) mass is 436 g/mol. The van der Waals surface area contributed by atoms with Crippen LogP contribution in [0.25, 0.3) is 0 Å². The van der Waals surface area contributed by atoms with E-state index in [1.54, 1.807) is 30.0 Å². The van der Waals surface area contributed by atoms with Gasteiger partial charge in [0.15, 0.2) is 19.0 Å². The molecule has 1 saturated heterocycles. The summed E-state index contributed by atoms with van der Waals surface area (Å²) in [5.74, 6) is 0.552. The molecular weight excluding hydrogens is 408 g/mol. The Morgan fingerprint density at radius 3 is 2.62 bits per heavy atom. The van der Waals surface area contributed by atoms with Gasteiger partial charge in [0.1, 0.15) is 17.5 Å². The highest BCUT2D eigenvalue weighted by molar-refractivity contribution is 6.05. The van der Waals surface area contributed by atoms with Crippen molar-refractivity contribution in [3.8, 4) is 11.5 Å². The number of carbonyl (C=O) groups excluding carboxylic acids is 3. The number of hydrogen-bond acceptors (Lipinski definition) is 5. The number of amides is 2. The van der Waals surface area contributed by atoms with Gasteiger partial charge in [-0.1, -0.05) is 12.1 Å². The molecule has 0 bridgehead atoms. The zero-order valence-electron chi connectivity index (χ0n) is 18.7. The van der Waals surface area contributed by atoms with E-state index in [2.05, 4.69) is 0 Å². The molecule has 1 atom stereocenters. The summed E-state index contributed by atoms with van der Waals surface area (Å²) in [5.41, 5.74) is 2.92. The fourth-order valence-corrected chi connectivity index (χ4v) is 4.19. The first-order chi connectivity index (χ1) is 15.4. The van der Waals surface area contributed by atoms with E-state index in [9.17, 15) is 14.4 Å². The number of aryl methyl sites for hydroxylation is 1. The van der Waals surface area contributed by atoms with Gasteiger partial charge in [-0.05, 0) is 69.0 Å². The summed E-state index contributed by atoms with van der Waals surface area (Å²) in [6, 6.07) is 10.0. The Bertz CT molecular complexity index is 1060. The largest absolute Gasteiger partial charge is 0.485 e. The number of likely N-dealkylation sites (tertiary alicyclic amines) is 1. The van der Waals surface area contributed by atoms with E-state index in [1.165, 1.54) is 4.90 Å². The molecule has 2 aliphatic heterocycles. The van der Waals surface area contributed by atoms with E-state index < -0.39 is 6.04 Å². The lowest BCUT2D eigenvalue weighted by molar-refractivity contribution is -0.133. The Kier molecular flexibility index (Phi) is 6.17. The summed E-state index contributed by atoms with van der Waals surface area (Å²) in [5, 5.41) is 0. The van der Waals surface area contributed by atoms with Crippen LogP contribution < -0.4 is 14.4 Å². The molecule has 4 rings (SSSR count). The number of nitrogens with zero attached hydrogens (tertiary/aromatic N) is 2. The fourth-order valence-electron chi connectivity index (χ4n) is 4.19. The first-order valence-electron chi connectivity index (χ1n) is 11.0. The first kappa shape index (κ1) is 21.9. The first-order valence-corrected chi connectivity index (χ1v) is 11.0. The number of ether oxygens (including phenoxy) is 2. The molecule has 0 radical (unpaired) electrons. The van der Waals surface area contributed by atoms with Gasteiger partial charge in [-0.25, -0.2) is 0 Å². The van der Waals surface area contributed by atoms with Crippen LogP contribution in [0.2, 0.25) is 0 Å². The van der Waals surface area contributed by atoms with Gasteiger partial charge in [0.2, 0.25) is 5.91 Å². The van der Waals surface area contributed by atoms with Gasteiger partial charge in [0.05, 0.1) is 5.69 Å². The zero-order chi connectivity index (χ0) is 22.8. The SMILES string of the molecule is Cc1cccc(OCC(=O)c2ccc3c(c2)N([C@@H](C)C(=O)N2CCCC2)C(=O)CO3)c1C. The molecule has 0 aliphatic carbocycles. The molecule has 2 aliphatic rings. The third kappa shape index (κ3) is 4.20. The van der Waals surface area contributed by atoms with E-state index in [4.69, 9.17) is 9.47 Å². The molecule has 0 aromatic heterocycles. The number of carbonyl (C=O) groups is 3. The van der Waals surface area contributed by atoms with E-state index in [-0.39, 0.29) is 30.8 Å². The summed E-state index contributed by atoms with van der Waals surface area (Å²) in [6.45, 7) is 6.84. The number of fused-ring (bicyclic) bond motifs is 1. The van der Waals surface area contributed by atoms with Gasteiger partial charge in [0, 0.05) is 18.7 Å². The van der Waals surface area contributed by atoms with Crippen LogP contribution in [-0.2, 0) is 9.59 Å². The summed E-state index contributed by atoms with van der Waals surface area (Å²) >= 11 is 0. The lowest BCUT2D eigenvalue weighted by atomic mass is 10.1. The Morgan fingerprint density at radius 1 is 1.12 bits per heavy atom. The summed E-state index contributed by atoms with van der Waals surface area (Å²) in [7, 11) is 0. The van der Waals surface area contributed by atoms with Crippen molar-refractivity contribution in [3.63, 3.8) is 0 Å². The molecule has 2 amide bonds. The summed E-state index contributed by atoms with van der Waals surface area (Å²) in [4.78, 5) is 41.7. The van der Waals surface area contributed by atoms with Crippen LogP contribution in [0.1, 0.15) is 41.3 Å². The number of benzene rings is 2. The molecule has 2 aromatic rings. The van der Waals surface area contributed by atoms with Crippen molar-refractivity contribution >= 4 is 23.3 Å². The maximum Gasteiger partial charge on any atom is 0.265 e. The lowest BCUT2D eigenvalue weighted by Gasteiger charge is -2.35. The third-order valence-electron chi connectivity index (χ3n) is 6.24. The maximum atomic E-state index is 12.9. The fraction of sp³-hybridized carbons (Fsp3) is 0.400. The molecule has 0 spiro atoms. The molecule has 2 aromatic carbocycles. The van der Waals surface area contributed by atoms with Crippen LogP contribution in [0.5, 0.6) is 11.5 Å². The average Bonchev–Trinajstić information content (AvgIpc) is 3.33. The summed E-state index contributed by atoms with van der Waals surface area (Å²) < 4.78 is 11.3. The Labute approximate surface area is 187 Å². The molecule has 168 valence electrons. The standard InChI is InChI=1S/C25H28N2O5/c1-16-7-6-8-22(17(16)2)31-14-21(28)19-9-10-23-20(13-19)27(24(29)15-32-23)18(3)25(30)26-11-4-5-12-26/h6-10,13,18H,4-5,11-12,14-15H2,1-3H3/t18-/m0/s1. The molecule has 0 saturated carbocycles. The van der Waals surface area contributed by atoms with Crippen LogP contribution in [-0.4, -0.2) is 54.8 Å². The Balaban J connectivity index is 1.55. The van der Waals surface area contributed by atoms with Gasteiger partial charge < -0.3 is 14.4 Å². The van der Waals surface area contributed by atoms with Gasteiger partial charge >= 0.3 is 0 Å². The Morgan fingerprint density at radius 2 is 1.88 bits per heavy atom. The second-order valence-electron chi connectivity index (χ2n) is 8.35. The molecule has 7 nitrogen and oxygen atoms in total. The van der Waals surface area contributed by atoms with Gasteiger partial charge in [-0.2, -0.15) is 0 Å². The van der Waals surface area contributed by atoms with Crippen molar-refractivity contribution in [1.29, 1.82) is 0 Å². The van der Waals surface area contributed by atoms with Crippen molar-refractivity contribution in [2.24, 2.45) is 0 Å². The maximum absolute atomic E-state index is 12.9. The second-order valence-corrected chi connectivity index (χ2v) is 8.35. The highest BCUT2D eigenvalue weighted by Gasteiger charge is 2.36. The molecule has 0 N–H and O–H groups in total. The minimum absolute atomic E-state index is 0.0846. The topological polar surface area (TPSA) is 76.2 Å². The molecule has 1 fully saturated rings. The predicted octanol–water partition coefficient (Wildman–Crippen LogP) is 3.30. The van der Waals surface area contributed by atoms with Crippen molar-refractivity contribution in [1.82, 2.24) is 4.90 Å². The number of Topliss-reactive ketones (excluding diaryl/α,β-unsaturated/α-hetero) is 1. The number of rotatable bonds is 6. The second kappa shape index (κ2) is 9.02. The van der Waals surface area contributed by atoms with E-state index in [1.807, 2.05) is 32.0 Å². The highest BCUT2D eigenvalue weighted by Crippen LogP contribution is 2.35. The van der Waals surface area contributed by atoms with Crippen molar-refractivity contribution < 1.29 is 23.9 Å². The zero-order valence-corrected chi connectivity index (χ0v) is 18.7. The highest BCUT2D eigenvalue weighted by atomic mass is 16.5. The molecular formula is C25H28N2O5. The van der Waals surface area contributed by atoms with Gasteiger partial charge in [0.25, 0.3) is 5.91 Å². The van der Waals surface area contributed by atoms with Gasteiger partial charge in [-0.3, -0.25) is 19.3 Å². The van der Waals surface area contributed by atoms with Crippen molar-refractivity contribution in [2.45, 2.75) is 39.7 Å². The van der Waals surface area contributed by atoms with Crippen LogP contribution in [0.3, 0.4) is 0 Å². The van der Waals surface area contributed by atoms with E-state index in [0.717, 1.165) is 24.0 Å². The van der Waals surface area contributed by atoms with E-state index >= 15 is 0 Å².